The van der Waals surface area contributed by atoms with Crippen LogP contribution < -0.4 is 5.56 Å². The van der Waals surface area contributed by atoms with Gasteiger partial charge in [-0.25, -0.2) is 0 Å². The summed E-state index contributed by atoms with van der Waals surface area (Å²) in [7, 11) is 0. The van der Waals surface area contributed by atoms with E-state index in [2.05, 4.69) is 11.9 Å². The second kappa shape index (κ2) is 4.78. The molecule has 0 amide bonds. The van der Waals surface area contributed by atoms with Gasteiger partial charge in [0.15, 0.2) is 4.77 Å². The number of nitrogens with one attached hydrogen (secondary N) is 1. The maximum absolute atomic E-state index is 13.2. The van der Waals surface area contributed by atoms with Gasteiger partial charge >= 0.3 is 0 Å². The molecule has 0 unspecified atom stereocenters. The minimum atomic E-state index is -0.107. The Balaban J connectivity index is 2.01. The highest BCUT2D eigenvalue weighted by Crippen LogP contribution is 2.37. The van der Waals surface area contributed by atoms with Gasteiger partial charge in [-0.3, -0.25) is 9.36 Å². The molecule has 0 saturated heterocycles. The van der Waals surface area contributed by atoms with E-state index in [0.29, 0.717) is 4.77 Å². The van der Waals surface area contributed by atoms with Crippen LogP contribution >= 0.6 is 23.6 Å². The molecule has 2 heterocycles. The Morgan fingerprint density at radius 2 is 1.95 bits per heavy atom. The van der Waals surface area contributed by atoms with Crippen LogP contribution in [0.1, 0.15) is 55.9 Å². The van der Waals surface area contributed by atoms with E-state index in [9.17, 15) is 4.79 Å². The quantitative estimate of drug-likeness (QED) is 0.796. The van der Waals surface area contributed by atoms with Crippen LogP contribution in [0.2, 0.25) is 0 Å². The van der Waals surface area contributed by atoms with Crippen molar-refractivity contribution in [3.8, 4) is 0 Å². The van der Waals surface area contributed by atoms with Gasteiger partial charge in [0.2, 0.25) is 0 Å². The van der Waals surface area contributed by atoms with E-state index in [1.807, 2.05) is 4.57 Å². The Morgan fingerprint density at radius 1 is 1.19 bits per heavy atom. The van der Waals surface area contributed by atoms with E-state index in [-0.39, 0.29) is 11.1 Å². The van der Waals surface area contributed by atoms with Gasteiger partial charge < -0.3 is 4.98 Å². The van der Waals surface area contributed by atoms with Gasteiger partial charge in [-0.05, 0) is 56.8 Å². The monoisotopic (exact) mass is 320 g/mol. The van der Waals surface area contributed by atoms with E-state index in [4.69, 9.17) is 12.2 Å². The number of aryl methyl sites for hydroxylation is 2. The summed E-state index contributed by atoms with van der Waals surface area (Å²) >= 11 is 7.27. The van der Waals surface area contributed by atoms with Crippen molar-refractivity contribution in [3.63, 3.8) is 0 Å². The van der Waals surface area contributed by atoms with Crippen molar-refractivity contribution in [2.24, 2.45) is 0 Å². The Morgan fingerprint density at radius 3 is 2.71 bits per heavy atom. The molecule has 1 saturated carbocycles. The largest absolute Gasteiger partial charge is 0.323 e. The van der Waals surface area contributed by atoms with Crippen molar-refractivity contribution in [1.29, 1.82) is 0 Å². The number of fused-ring (bicyclic) bond motifs is 3. The summed E-state index contributed by atoms with van der Waals surface area (Å²) in [6, 6.07) is 0. The number of rotatable bonds is 1. The number of thiophene rings is 1. The van der Waals surface area contributed by atoms with E-state index in [0.717, 1.165) is 35.9 Å². The van der Waals surface area contributed by atoms with Crippen LogP contribution in [0, 0.1) is 4.77 Å². The minimum absolute atomic E-state index is 0.107. The molecule has 2 aromatic rings. The zero-order chi connectivity index (χ0) is 14.6. The molecule has 0 bridgehead atoms. The highest BCUT2D eigenvalue weighted by Gasteiger charge is 2.32. The van der Waals surface area contributed by atoms with Crippen molar-refractivity contribution < 1.29 is 0 Å². The minimum Gasteiger partial charge on any atom is -0.323 e. The molecular weight excluding hydrogens is 300 g/mol. The van der Waals surface area contributed by atoms with Gasteiger partial charge in [-0.15, -0.1) is 11.3 Å². The molecule has 0 spiro atoms. The number of hydrogen-bond donors (Lipinski definition) is 1. The van der Waals surface area contributed by atoms with Crippen LogP contribution in [0.5, 0.6) is 0 Å². The molecule has 21 heavy (non-hydrogen) atoms. The van der Waals surface area contributed by atoms with Gasteiger partial charge in [0.25, 0.3) is 5.56 Å². The van der Waals surface area contributed by atoms with Gasteiger partial charge in [0.1, 0.15) is 4.83 Å². The van der Waals surface area contributed by atoms with E-state index in [1.165, 1.54) is 36.1 Å². The summed E-state index contributed by atoms with van der Waals surface area (Å²) in [6.07, 6.45) is 9.12. The molecule has 2 aliphatic rings. The molecule has 112 valence electrons. The molecule has 1 N–H and O–H groups in total. The smallest absolute Gasteiger partial charge is 0.263 e. The zero-order valence-corrected chi connectivity index (χ0v) is 14.0. The molecule has 4 rings (SSSR count). The lowest BCUT2D eigenvalue weighted by Crippen LogP contribution is -2.41. The maximum Gasteiger partial charge on any atom is 0.263 e. The topological polar surface area (TPSA) is 37.8 Å². The van der Waals surface area contributed by atoms with Gasteiger partial charge in [-0.1, -0.05) is 19.3 Å². The first-order valence-corrected chi connectivity index (χ1v) is 9.13. The molecule has 2 aromatic heterocycles. The maximum atomic E-state index is 13.2. The van der Waals surface area contributed by atoms with Crippen molar-refractivity contribution >= 4 is 33.8 Å². The van der Waals surface area contributed by atoms with E-state index in [1.54, 1.807) is 11.3 Å². The third-order valence-corrected chi connectivity index (χ3v) is 6.72. The van der Waals surface area contributed by atoms with E-state index >= 15 is 0 Å². The van der Waals surface area contributed by atoms with Crippen molar-refractivity contribution in [2.75, 3.05) is 0 Å². The number of hydrogen-bond acceptors (Lipinski definition) is 3. The SMILES string of the molecule is CC1(n2c(=S)[nH]c3sc4c(c3c2=O)CCC4)CCCCC1. The lowest BCUT2D eigenvalue weighted by atomic mass is 9.83. The Kier molecular flexibility index (Phi) is 3.12. The fourth-order valence-electron chi connectivity index (χ4n) is 4.10. The predicted octanol–water partition coefficient (Wildman–Crippen LogP) is 4.29. The Hall–Kier alpha value is -0.940. The first-order valence-electron chi connectivity index (χ1n) is 7.90. The fourth-order valence-corrected chi connectivity index (χ4v) is 5.85. The molecule has 0 atom stereocenters. The number of aromatic amines is 1. The summed E-state index contributed by atoms with van der Waals surface area (Å²) in [6.45, 7) is 2.20. The third-order valence-electron chi connectivity index (χ3n) is 5.23. The average molecular weight is 320 g/mol. The molecule has 3 nitrogen and oxygen atoms in total. The zero-order valence-electron chi connectivity index (χ0n) is 12.3. The van der Waals surface area contributed by atoms with E-state index < -0.39 is 0 Å². The lowest BCUT2D eigenvalue weighted by Gasteiger charge is -2.35. The first-order chi connectivity index (χ1) is 10.1. The van der Waals surface area contributed by atoms with Crippen LogP contribution in [0.4, 0.5) is 0 Å². The lowest BCUT2D eigenvalue weighted by molar-refractivity contribution is 0.209. The molecule has 2 aliphatic carbocycles. The van der Waals surface area contributed by atoms with Gasteiger partial charge in [0, 0.05) is 10.4 Å². The number of aromatic nitrogens is 2. The molecule has 5 heteroatoms. The summed E-state index contributed by atoms with van der Waals surface area (Å²) in [5.41, 5.74) is 1.34. The predicted molar refractivity (Wildman–Crippen MR) is 90.0 cm³/mol. The van der Waals surface area contributed by atoms with Crippen LogP contribution in [-0.2, 0) is 18.4 Å². The van der Waals surface area contributed by atoms with Crippen LogP contribution in [0.25, 0.3) is 10.2 Å². The van der Waals surface area contributed by atoms with Crippen molar-refractivity contribution in [2.45, 2.75) is 63.8 Å². The summed E-state index contributed by atoms with van der Waals surface area (Å²) in [5, 5.41) is 0.924. The Bertz CT molecular complexity index is 821. The molecule has 0 aromatic carbocycles. The van der Waals surface area contributed by atoms with Gasteiger partial charge in [-0.2, -0.15) is 0 Å². The van der Waals surface area contributed by atoms with Crippen LogP contribution in [0.15, 0.2) is 4.79 Å². The van der Waals surface area contributed by atoms with Crippen molar-refractivity contribution in [3.05, 3.63) is 25.6 Å². The molecule has 0 aliphatic heterocycles. The first kappa shape index (κ1) is 13.7. The highest BCUT2D eigenvalue weighted by atomic mass is 32.1. The van der Waals surface area contributed by atoms with Crippen molar-refractivity contribution in [1.82, 2.24) is 9.55 Å². The second-order valence-corrected chi connectivity index (χ2v) is 8.18. The van der Waals surface area contributed by atoms with Gasteiger partial charge in [0.05, 0.1) is 5.39 Å². The summed E-state index contributed by atoms with van der Waals surface area (Å²) < 4.78 is 2.51. The summed E-state index contributed by atoms with van der Waals surface area (Å²) in [4.78, 5) is 18.9. The highest BCUT2D eigenvalue weighted by molar-refractivity contribution is 7.71. The normalized spacial score (nSPS) is 20.8. The third kappa shape index (κ3) is 1.97. The van der Waals surface area contributed by atoms with Crippen LogP contribution in [-0.4, -0.2) is 9.55 Å². The Labute approximate surface area is 133 Å². The standard InChI is InChI=1S/C16H20N2OS2/c1-16(8-3-2-4-9-16)18-14(19)12-10-6-5-7-11(10)21-13(12)17-15(18)20/h2-9H2,1H3,(H,17,20). The summed E-state index contributed by atoms with van der Waals surface area (Å²) in [5.74, 6) is 0. The number of H-pyrrole nitrogens is 1. The van der Waals surface area contributed by atoms with Crippen LogP contribution in [0.3, 0.4) is 0 Å². The second-order valence-electron chi connectivity index (χ2n) is 6.69. The number of nitrogens with zero attached hydrogens (tertiary/aromatic N) is 1. The molecular formula is C16H20N2OS2. The molecule has 1 fully saturated rings. The average Bonchev–Trinajstić information content (AvgIpc) is 2.98. The fraction of sp³-hybridized carbons (Fsp3) is 0.625. The molecule has 0 radical (unpaired) electrons.